The average Bonchev–Trinajstić information content (AvgIpc) is 3.62. The van der Waals surface area contributed by atoms with Crippen LogP contribution in [0.1, 0.15) is 29.4 Å². The largest absolute Gasteiger partial charge is 0.463 e. The number of nitrogens with one attached hydrogen (secondary N) is 1. The van der Waals surface area contributed by atoms with Crippen LogP contribution in [0, 0.1) is 0 Å². The number of benzene rings is 2. The van der Waals surface area contributed by atoms with Crippen LogP contribution in [0.5, 0.6) is 0 Å². The maximum atomic E-state index is 13.6. The summed E-state index contributed by atoms with van der Waals surface area (Å²) in [4.78, 5) is 31.0. The van der Waals surface area contributed by atoms with Gasteiger partial charge in [-0.3, -0.25) is 9.36 Å². The number of hydrogen-bond donors (Lipinski definition) is 1. The van der Waals surface area contributed by atoms with Crippen LogP contribution in [0.25, 0.3) is 28.2 Å². The number of amides is 1. The van der Waals surface area contributed by atoms with Gasteiger partial charge in [-0.2, -0.15) is 5.10 Å². The second kappa shape index (κ2) is 8.22. The van der Waals surface area contributed by atoms with Crippen LogP contribution in [0.4, 0.5) is 0 Å². The van der Waals surface area contributed by atoms with Gasteiger partial charge in [-0.25, -0.2) is 9.48 Å². The molecule has 0 atom stereocenters. The summed E-state index contributed by atoms with van der Waals surface area (Å²) in [6, 6.07) is 22.8. The third kappa shape index (κ3) is 3.44. The highest BCUT2D eigenvalue weighted by Crippen LogP contribution is 2.28. The third-order valence-electron chi connectivity index (χ3n) is 6.44. The maximum Gasteiger partial charge on any atom is 0.326 e. The molecule has 2 aromatic carbocycles. The van der Waals surface area contributed by atoms with Crippen LogP contribution >= 0.6 is 0 Å². The molecule has 0 spiro atoms. The number of aromatic nitrogens is 4. The van der Waals surface area contributed by atoms with Gasteiger partial charge in [0.25, 0.3) is 5.91 Å². The van der Waals surface area contributed by atoms with Gasteiger partial charge < -0.3 is 14.3 Å². The molecule has 0 radical (unpaired) electrons. The van der Waals surface area contributed by atoms with E-state index in [1.807, 2.05) is 70.1 Å². The summed E-state index contributed by atoms with van der Waals surface area (Å²) >= 11 is 0. The summed E-state index contributed by atoms with van der Waals surface area (Å²) < 4.78 is 9.03. The normalized spacial score (nSPS) is 14.6. The van der Waals surface area contributed by atoms with Crippen molar-refractivity contribution in [1.29, 1.82) is 0 Å². The second-order valence-corrected chi connectivity index (χ2v) is 8.48. The smallest absolute Gasteiger partial charge is 0.326 e. The zero-order chi connectivity index (χ0) is 23.1. The summed E-state index contributed by atoms with van der Waals surface area (Å²) in [6.45, 7) is 1.12. The van der Waals surface area contributed by atoms with E-state index in [0.717, 1.165) is 16.7 Å². The van der Waals surface area contributed by atoms with E-state index in [1.54, 1.807) is 23.1 Å². The Balaban J connectivity index is 1.28. The van der Waals surface area contributed by atoms with E-state index in [1.165, 1.54) is 0 Å². The lowest BCUT2D eigenvalue weighted by Crippen LogP contribution is -2.41. The molecular formula is C26H23N5O3. The zero-order valence-corrected chi connectivity index (χ0v) is 18.4. The lowest BCUT2D eigenvalue weighted by Gasteiger charge is -2.32. The number of piperidine rings is 1. The number of imidazole rings is 1. The standard InChI is InChI=1S/C26H23N5O3/c32-25(23-17-21(24-11-6-16-34-24)28-31(23)19-7-2-1-3-8-19)29-14-12-18(13-15-29)30-22-10-5-4-9-20(22)27-26(30)33/h1-11,16-18H,12-15H2,(H,27,33). The van der Waals surface area contributed by atoms with Crippen molar-refractivity contribution in [2.24, 2.45) is 0 Å². The number of nitrogens with zero attached hydrogens (tertiary/aromatic N) is 4. The fourth-order valence-corrected chi connectivity index (χ4v) is 4.77. The monoisotopic (exact) mass is 453 g/mol. The highest BCUT2D eigenvalue weighted by molar-refractivity contribution is 5.94. The molecule has 1 aliphatic rings. The van der Waals surface area contributed by atoms with Gasteiger partial charge in [0.2, 0.25) is 0 Å². The topological polar surface area (TPSA) is 89.1 Å². The van der Waals surface area contributed by atoms with Gasteiger partial charge in [0.05, 0.1) is 23.0 Å². The van der Waals surface area contributed by atoms with Gasteiger partial charge in [0, 0.05) is 25.2 Å². The number of H-pyrrole nitrogens is 1. The number of carbonyl (C=O) groups is 1. The number of aromatic amines is 1. The Morgan fingerprint density at radius 1 is 0.971 bits per heavy atom. The molecule has 1 saturated heterocycles. The molecule has 1 amide bonds. The first-order valence-corrected chi connectivity index (χ1v) is 11.4. The minimum absolute atomic E-state index is 0.0467. The first-order chi connectivity index (χ1) is 16.7. The van der Waals surface area contributed by atoms with Gasteiger partial charge in [0.15, 0.2) is 5.76 Å². The molecule has 34 heavy (non-hydrogen) atoms. The summed E-state index contributed by atoms with van der Waals surface area (Å²) in [6.07, 6.45) is 3.01. The van der Waals surface area contributed by atoms with E-state index in [0.29, 0.717) is 43.1 Å². The molecule has 1 N–H and O–H groups in total. The Kier molecular flexibility index (Phi) is 4.91. The van der Waals surface area contributed by atoms with E-state index < -0.39 is 0 Å². The minimum atomic E-state index is -0.101. The number of furan rings is 1. The molecule has 0 saturated carbocycles. The SMILES string of the molecule is O=C(c1cc(-c2ccco2)nn1-c1ccccc1)N1CCC(n2c(=O)[nH]c3ccccc32)CC1. The molecule has 5 aromatic rings. The Hall–Kier alpha value is -4.33. The van der Waals surface area contributed by atoms with Gasteiger partial charge >= 0.3 is 5.69 Å². The molecule has 8 nitrogen and oxygen atoms in total. The van der Waals surface area contributed by atoms with Gasteiger partial charge in [-0.1, -0.05) is 30.3 Å². The molecule has 1 aliphatic heterocycles. The molecular weight excluding hydrogens is 430 g/mol. The molecule has 8 heteroatoms. The lowest BCUT2D eigenvalue weighted by atomic mass is 10.0. The van der Waals surface area contributed by atoms with Crippen molar-refractivity contribution in [3.8, 4) is 17.1 Å². The number of likely N-dealkylation sites (tertiary alicyclic amines) is 1. The fraction of sp³-hybridized carbons (Fsp3) is 0.192. The highest BCUT2D eigenvalue weighted by Gasteiger charge is 2.29. The number of fused-ring (bicyclic) bond motifs is 1. The Labute approximate surface area is 195 Å². The summed E-state index contributed by atoms with van der Waals surface area (Å²) in [7, 11) is 0. The van der Waals surface area contributed by atoms with Gasteiger partial charge in [0.1, 0.15) is 11.4 Å². The molecule has 1 fully saturated rings. The first-order valence-electron chi connectivity index (χ1n) is 11.4. The van der Waals surface area contributed by atoms with Crippen molar-refractivity contribution in [3.63, 3.8) is 0 Å². The molecule has 0 bridgehead atoms. The molecule has 0 aliphatic carbocycles. The van der Waals surface area contributed by atoms with E-state index in [9.17, 15) is 9.59 Å². The number of rotatable bonds is 4. The third-order valence-corrected chi connectivity index (χ3v) is 6.44. The Bertz CT molecular complexity index is 1500. The van der Waals surface area contributed by atoms with Crippen molar-refractivity contribution in [2.75, 3.05) is 13.1 Å². The zero-order valence-electron chi connectivity index (χ0n) is 18.4. The number of hydrogen-bond acceptors (Lipinski definition) is 4. The molecule has 4 heterocycles. The van der Waals surface area contributed by atoms with E-state index in [2.05, 4.69) is 10.1 Å². The van der Waals surface area contributed by atoms with Crippen molar-refractivity contribution < 1.29 is 9.21 Å². The molecule has 0 unspecified atom stereocenters. The summed E-state index contributed by atoms with van der Waals surface area (Å²) in [5.41, 5.74) is 3.54. The van der Waals surface area contributed by atoms with Gasteiger partial charge in [-0.15, -0.1) is 0 Å². The predicted molar refractivity (Wildman–Crippen MR) is 128 cm³/mol. The average molecular weight is 454 g/mol. The quantitative estimate of drug-likeness (QED) is 0.441. The van der Waals surface area contributed by atoms with Crippen molar-refractivity contribution in [3.05, 3.63) is 95.2 Å². The van der Waals surface area contributed by atoms with Crippen molar-refractivity contribution in [1.82, 2.24) is 24.2 Å². The number of carbonyl (C=O) groups excluding carboxylic acids is 1. The van der Waals surface area contributed by atoms with Crippen LogP contribution in [0.3, 0.4) is 0 Å². The van der Waals surface area contributed by atoms with Crippen molar-refractivity contribution >= 4 is 16.9 Å². The highest BCUT2D eigenvalue weighted by atomic mass is 16.3. The minimum Gasteiger partial charge on any atom is -0.463 e. The van der Waals surface area contributed by atoms with Crippen molar-refractivity contribution in [2.45, 2.75) is 18.9 Å². The Morgan fingerprint density at radius 2 is 1.74 bits per heavy atom. The molecule has 3 aromatic heterocycles. The fourth-order valence-electron chi connectivity index (χ4n) is 4.77. The van der Waals surface area contributed by atoms with Crippen LogP contribution in [-0.4, -0.2) is 43.2 Å². The first kappa shape index (κ1) is 20.3. The van der Waals surface area contributed by atoms with E-state index in [-0.39, 0.29) is 17.6 Å². The van der Waals surface area contributed by atoms with E-state index in [4.69, 9.17) is 4.42 Å². The summed E-state index contributed by atoms with van der Waals surface area (Å²) in [5, 5.41) is 4.67. The second-order valence-electron chi connectivity index (χ2n) is 8.48. The van der Waals surface area contributed by atoms with Crippen LogP contribution in [0.15, 0.2) is 88.3 Å². The van der Waals surface area contributed by atoms with Crippen LogP contribution < -0.4 is 5.69 Å². The molecule has 6 rings (SSSR count). The Morgan fingerprint density at radius 3 is 2.50 bits per heavy atom. The van der Waals surface area contributed by atoms with Crippen LogP contribution in [-0.2, 0) is 0 Å². The maximum absolute atomic E-state index is 13.6. The van der Waals surface area contributed by atoms with E-state index >= 15 is 0 Å². The molecule has 170 valence electrons. The number of para-hydroxylation sites is 3. The van der Waals surface area contributed by atoms with Crippen LogP contribution in [0.2, 0.25) is 0 Å². The van der Waals surface area contributed by atoms with Gasteiger partial charge in [-0.05, 0) is 49.2 Å². The lowest BCUT2D eigenvalue weighted by molar-refractivity contribution is 0.0685. The predicted octanol–water partition coefficient (Wildman–Crippen LogP) is 4.25. The summed E-state index contributed by atoms with van der Waals surface area (Å²) in [5.74, 6) is 0.528.